The van der Waals surface area contributed by atoms with Crippen LogP contribution in [0.25, 0.3) is 0 Å². The summed E-state index contributed by atoms with van der Waals surface area (Å²) in [5.41, 5.74) is 1.94. The Morgan fingerprint density at radius 3 is 2.09 bits per heavy atom. The van der Waals surface area contributed by atoms with Gasteiger partial charge in [0.25, 0.3) is 11.8 Å². The zero-order chi connectivity index (χ0) is 16.8. The first-order chi connectivity index (χ1) is 11.1. The summed E-state index contributed by atoms with van der Waals surface area (Å²) < 4.78 is 5.21. The minimum absolute atomic E-state index is 0.0226. The highest BCUT2D eigenvalue weighted by molar-refractivity contribution is 5.94. The van der Waals surface area contributed by atoms with Crippen LogP contribution < -0.4 is 0 Å². The van der Waals surface area contributed by atoms with Crippen molar-refractivity contribution in [2.45, 2.75) is 32.8 Å². The summed E-state index contributed by atoms with van der Waals surface area (Å²) in [5, 5.41) is 0. The third kappa shape index (κ3) is 4.10. The van der Waals surface area contributed by atoms with Crippen LogP contribution in [0.5, 0.6) is 0 Å². The molecule has 2 rings (SSSR count). The number of rotatable bonds is 5. The second-order valence-corrected chi connectivity index (χ2v) is 5.80. The van der Waals surface area contributed by atoms with Gasteiger partial charge in [-0.1, -0.05) is 26.0 Å². The largest absolute Gasteiger partial charge is 0.372 e. The minimum atomic E-state index is -0.376. The van der Waals surface area contributed by atoms with E-state index < -0.39 is 0 Å². The summed E-state index contributed by atoms with van der Waals surface area (Å²) in [6, 6.07) is 7.77. The molecule has 23 heavy (non-hydrogen) atoms. The molecule has 0 aromatic heterocycles. The third-order valence-electron chi connectivity index (χ3n) is 4.42. The average molecular weight is 318 g/mol. The molecule has 1 aliphatic rings. The molecule has 1 heterocycles. The Balaban J connectivity index is 1.93. The summed E-state index contributed by atoms with van der Waals surface area (Å²) in [7, 11) is 1.56. The predicted molar refractivity (Wildman–Crippen MR) is 89.4 cm³/mol. The van der Waals surface area contributed by atoms with Gasteiger partial charge in [0, 0.05) is 38.9 Å². The Labute approximate surface area is 138 Å². The van der Waals surface area contributed by atoms with Gasteiger partial charge in [-0.25, -0.2) is 0 Å². The zero-order valence-electron chi connectivity index (χ0n) is 14.2. The quantitative estimate of drug-likeness (QED) is 0.834. The van der Waals surface area contributed by atoms with E-state index in [2.05, 4.69) is 6.92 Å². The molecule has 0 aliphatic carbocycles. The van der Waals surface area contributed by atoms with Crippen LogP contribution in [0.4, 0.5) is 0 Å². The van der Waals surface area contributed by atoms with Gasteiger partial charge < -0.3 is 14.5 Å². The zero-order valence-corrected chi connectivity index (χ0v) is 14.2. The number of piperazine rings is 1. The molecule has 0 bridgehead atoms. The van der Waals surface area contributed by atoms with E-state index in [4.69, 9.17) is 4.74 Å². The van der Waals surface area contributed by atoms with Crippen LogP contribution in [0.2, 0.25) is 0 Å². The van der Waals surface area contributed by atoms with Crippen molar-refractivity contribution in [1.82, 2.24) is 9.80 Å². The number of aryl methyl sites for hydroxylation is 1. The van der Waals surface area contributed by atoms with E-state index in [0.717, 1.165) is 6.42 Å². The highest BCUT2D eigenvalue weighted by Gasteiger charge is 2.28. The molecule has 1 fully saturated rings. The van der Waals surface area contributed by atoms with Gasteiger partial charge in [-0.15, -0.1) is 0 Å². The second kappa shape index (κ2) is 8.11. The van der Waals surface area contributed by atoms with Crippen molar-refractivity contribution in [3.05, 3.63) is 35.4 Å². The molecule has 5 nitrogen and oxygen atoms in total. The maximum atomic E-state index is 12.5. The van der Waals surface area contributed by atoms with Crippen LogP contribution in [0.3, 0.4) is 0 Å². The first-order valence-corrected chi connectivity index (χ1v) is 8.30. The molecule has 0 saturated carbocycles. The molecule has 1 aliphatic heterocycles. The van der Waals surface area contributed by atoms with E-state index in [1.165, 1.54) is 5.56 Å². The fraction of sp³-hybridized carbons (Fsp3) is 0.556. The highest BCUT2D eigenvalue weighted by atomic mass is 16.5. The number of nitrogens with zero attached hydrogens (tertiary/aromatic N) is 2. The van der Waals surface area contributed by atoms with Gasteiger partial charge in [-0.2, -0.15) is 0 Å². The van der Waals surface area contributed by atoms with E-state index in [1.807, 2.05) is 36.1 Å². The molecule has 5 heteroatoms. The maximum Gasteiger partial charge on any atom is 0.253 e. The summed E-state index contributed by atoms with van der Waals surface area (Å²) in [5.74, 6) is 0.0629. The smallest absolute Gasteiger partial charge is 0.253 e. The Hall–Kier alpha value is -1.88. The van der Waals surface area contributed by atoms with Crippen molar-refractivity contribution in [3.8, 4) is 0 Å². The third-order valence-corrected chi connectivity index (χ3v) is 4.42. The minimum Gasteiger partial charge on any atom is -0.372 e. The molecule has 1 saturated heterocycles. The van der Waals surface area contributed by atoms with E-state index in [1.54, 1.807) is 12.0 Å². The monoisotopic (exact) mass is 318 g/mol. The van der Waals surface area contributed by atoms with Gasteiger partial charge in [0.15, 0.2) is 0 Å². The number of amides is 2. The molecule has 1 aromatic rings. The predicted octanol–water partition coefficient (Wildman–Crippen LogP) is 1.96. The maximum absolute atomic E-state index is 12.5. The topological polar surface area (TPSA) is 49.9 Å². The molecule has 0 radical (unpaired) electrons. The average Bonchev–Trinajstić information content (AvgIpc) is 2.62. The number of methoxy groups -OCH3 is 1. The Morgan fingerprint density at radius 2 is 1.61 bits per heavy atom. The van der Waals surface area contributed by atoms with E-state index in [-0.39, 0.29) is 17.9 Å². The van der Waals surface area contributed by atoms with Crippen LogP contribution in [0.15, 0.2) is 24.3 Å². The number of carbonyl (C=O) groups excluding carboxylic acids is 2. The van der Waals surface area contributed by atoms with Crippen LogP contribution in [-0.2, 0) is 16.0 Å². The van der Waals surface area contributed by atoms with Gasteiger partial charge in [0.1, 0.15) is 6.10 Å². The van der Waals surface area contributed by atoms with Crippen molar-refractivity contribution in [1.29, 1.82) is 0 Å². The molecule has 0 spiro atoms. The number of hydrogen-bond donors (Lipinski definition) is 0. The van der Waals surface area contributed by atoms with E-state index in [0.29, 0.717) is 38.2 Å². The Kier molecular flexibility index (Phi) is 6.16. The number of ether oxygens (including phenoxy) is 1. The fourth-order valence-corrected chi connectivity index (χ4v) is 2.84. The Morgan fingerprint density at radius 1 is 1.04 bits per heavy atom. The van der Waals surface area contributed by atoms with Gasteiger partial charge >= 0.3 is 0 Å². The van der Waals surface area contributed by atoms with Gasteiger partial charge in [-0.05, 0) is 30.5 Å². The first-order valence-electron chi connectivity index (χ1n) is 8.30. The number of carbonyl (C=O) groups is 2. The molecular formula is C18H26N2O3. The van der Waals surface area contributed by atoms with Crippen LogP contribution in [0, 0.1) is 0 Å². The lowest BCUT2D eigenvalue weighted by atomic mass is 10.1. The summed E-state index contributed by atoms with van der Waals surface area (Å²) in [6.45, 7) is 6.30. The molecule has 0 N–H and O–H groups in total. The van der Waals surface area contributed by atoms with Crippen LogP contribution >= 0.6 is 0 Å². The lowest BCUT2D eigenvalue weighted by molar-refractivity contribution is -0.143. The van der Waals surface area contributed by atoms with Gasteiger partial charge in [0.2, 0.25) is 0 Å². The standard InChI is InChI=1S/C18H26N2O3/c1-4-14-6-8-15(9-7-14)17(21)19-10-12-20(13-11-19)18(22)16(5-2)23-3/h6-9,16H,4-5,10-13H2,1-3H3. The summed E-state index contributed by atoms with van der Waals surface area (Å²) in [4.78, 5) is 28.4. The SMILES string of the molecule is CCc1ccc(C(=O)N2CCN(C(=O)C(CC)OC)CC2)cc1. The molecule has 1 atom stereocenters. The highest BCUT2D eigenvalue weighted by Crippen LogP contribution is 2.12. The number of hydrogen-bond acceptors (Lipinski definition) is 3. The lowest BCUT2D eigenvalue weighted by Crippen LogP contribution is -2.53. The van der Waals surface area contributed by atoms with Crippen molar-refractivity contribution >= 4 is 11.8 Å². The van der Waals surface area contributed by atoms with Crippen molar-refractivity contribution in [2.75, 3.05) is 33.3 Å². The lowest BCUT2D eigenvalue weighted by Gasteiger charge is -2.36. The van der Waals surface area contributed by atoms with Gasteiger partial charge in [0.05, 0.1) is 0 Å². The van der Waals surface area contributed by atoms with Crippen LogP contribution in [0.1, 0.15) is 36.2 Å². The molecule has 126 valence electrons. The van der Waals surface area contributed by atoms with E-state index in [9.17, 15) is 9.59 Å². The summed E-state index contributed by atoms with van der Waals surface area (Å²) in [6.07, 6.45) is 1.25. The summed E-state index contributed by atoms with van der Waals surface area (Å²) >= 11 is 0. The second-order valence-electron chi connectivity index (χ2n) is 5.80. The van der Waals surface area contributed by atoms with Crippen molar-refractivity contribution in [2.24, 2.45) is 0 Å². The molecule has 2 amide bonds. The van der Waals surface area contributed by atoms with Crippen LogP contribution in [-0.4, -0.2) is 61.0 Å². The normalized spacial score (nSPS) is 16.3. The Bertz CT molecular complexity index is 530. The van der Waals surface area contributed by atoms with Crippen molar-refractivity contribution < 1.29 is 14.3 Å². The molecular weight excluding hydrogens is 292 g/mol. The molecule has 1 unspecified atom stereocenters. The fourth-order valence-electron chi connectivity index (χ4n) is 2.84. The number of benzene rings is 1. The molecule has 1 aromatic carbocycles. The van der Waals surface area contributed by atoms with E-state index >= 15 is 0 Å². The van der Waals surface area contributed by atoms with Gasteiger partial charge in [-0.3, -0.25) is 9.59 Å². The van der Waals surface area contributed by atoms with Crippen molar-refractivity contribution in [3.63, 3.8) is 0 Å². The first kappa shape index (κ1) is 17.5.